The van der Waals surface area contributed by atoms with E-state index in [2.05, 4.69) is 52.1 Å². The second kappa shape index (κ2) is 12.3. The highest BCUT2D eigenvalue weighted by atomic mass is 32.2. The molecule has 0 saturated carbocycles. The molecule has 1 unspecified atom stereocenters. The van der Waals surface area contributed by atoms with Crippen LogP contribution >= 0.6 is 11.8 Å². The fraction of sp³-hybridized carbons (Fsp3) is 0.394. The summed E-state index contributed by atoms with van der Waals surface area (Å²) in [6.07, 6.45) is 1.44. The molecule has 3 aromatic carbocycles. The van der Waals surface area contributed by atoms with Gasteiger partial charge in [0.1, 0.15) is 5.75 Å². The minimum atomic E-state index is -3.24. The van der Waals surface area contributed by atoms with Gasteiger partial charge in [-0.25, -0.2) is 0 Å². The van der Waals surface area contributed by atoms with Crippen molar-refractivity contribution in [2.24, 2.45) is 16.8 Å². The molecule has 0 aromatic heterocycles. The van der Waals surface area contributed by atoms with Crippen molar-refractivity contribution in [3.8, 4) is 5.75 Å². The molecule has 0 fully saturated rings. The second-order valence-electron chi connectivity index (χ2n) is 11.9. The third kappa shape index (κ3) is 6.22. The SMILES string of the molecule is COc1ccc(C2(C)CCSC(NC(=O)[C@@H](CC(C)(C)[Si](O)(c3ccccc3)c3ccccc3)C(C)C)=N2)cc1. The highest BCUT2D eigenvalue weighted by Gasteiger charge is 2.51. The zero-order valence-electron chi connectivity index (χ0n) is 24.5. The molecular weight excluding hydrogens is 533 g/mol. The molecule has 1 amide bonds. The first kappa shape index (κ1) is 30.1. The first-order chi connectivity index (χ1) is 19.0. The number of hydrogen-bond acceptors (Lipinski definition) is 5. The van der Waals surface area contributed by atoms with Gasteiger partial charge >= 0.3 is 0 Å². The van der Waals surface area contributed by atoms with E-state index < -0.39 is 18.9 Å². The Balaban J connectivity index is 1.61. The molecule has 2 atom stereocenters. The quantitative estimate of drug-likeness (QED) is 0.321. The summed E-state index contributed by atoms with van der Waals surface area (Å²) in [6.45, 7) is 10.5. The summed E-state index contributed by atoms with van der Waals surface area (Å²) in [7, 11) is -1.57. The number of nitrogens with one attached hydrogen (secondary N) is 1. The Hall–Kier alpha value is -2.87. The number of methoxy groups -OCH3 is 1. The van der Waals surface area contributed by atoms with E-state index in [1.54, 1.807) is 18.9 Å². The number of aliphatic imine (C=N–C) groups is 1. The van der Waals surface area contributed by atoms with E-state index in [1.165, 1.54) is 0 Å². The van der Waals surface area contributed by atoms with E-state index in [0.29, 0.717) is 11.6 Å². The van der Waals surface area contributed by atoms with Crippen LogP contribution in [-0.4, -0.2) is 37.1 Å². The third-order valence-corrected chi connectivity index (χ3v) is 13.7. The Bertz CT molecular complexity index is 1270. The lowest BCUT2D eigenvalue weighted by atomic mass is 9.86. The van der Waals surface area contributed by atoms with E-state index in [0.717, 1.165) is 33.9 Å². The largest absolute Gasteiger partial charge is 0.497 e. The molecule has 0 radical (unpaired) electrons. The Morgan fingerprint density at radius 3 is 2.08 bits per heavy atom. The van der Waals surface area contributed by atoms with Crippen molar-refractivity contribution in [1.29, 1.82) is 0 Å². The maximum absolute atomic E-state index is 13.9. The van der Waals surface area contributed by atoms with Gasteiger partial charge in [-0.3, -0.25) is 9.79 Å². The molecule has 1 aliphatic heterocycles. The van der Waals surface area contributed by atoms with Gasteiger partial charge in [0, 0.05) is 11.7 Å². The maximum atomic E-state index is 13.9. The van der Waals surface area contributed by atoms with Gasteiger partial charge in [0.15, 0.2) is 5.17 Å². The highest BCUT2D eigenvalue weighted by molar-refractivity contribution is 8.13. The Morgan fingerprint density at radius 1 is 1.02 bits per heavy atom. The first-order valence-electron chi connectivity index (χ1n) is 14.0. The van der Waals surface area contributed by atoms with Crippen LogP contribution in [0, 0.1) is 11.8 Å². The van der Waals surface area contributed by atoms with Gasteiger partial charge < -0.3 is 14.8 Å². The number of amides is 1. The van der Waals surface area contributed by atoms with Crippen LogP contribution in [0.2, 0.25) is 5.04 Å². The summed E-state index contributed by atoms with van der Waals surface area (Å²) in [4.78, 5) is 31.5. The molecule has 0 saturated heterocycles. The molecule has 7 heteroatoms. The standard InChI is InChI=1S/C33H42N2O3SSi/c1-24(2)29(23-32(3,4)40(37,27-13-9-7-10-14-27)28-15-11-8-12-16-28)30(36)34-31-35-33(5,21-22-39-31)25-17-19-26(38-6)20-18-25/h7-20,24,29,37H,21-23H2,1-6H3,(H,34,35,36)/t29-,33?/m0/s1. The van der Waals surface area contributed by atoms with Gasteiger partial charge in [-0.2, -0.15) is 0 Å². The normalized spacial score (nSPS) is 18.6. The van der Waals surface area contributed by atoms with Crippen molar-refractivity contribution in [3.63, 3.8) is 0 Å². The van der Waals surface area contributed by atoms with Crippen LogP contribution in [0.5, 0.6) is 5.75 Å². The fourth-order valence-corrected chi connectivity index (χ4v) is 10.6. The monoisotopic (exact) mass is 574 g/mol. The Kier molecular flexibility index (Phi) is 9.28. The predicted molar refractivity (Wildman–Crippen MR) is 170 cm³/mol. The van der Waals surface area contributed by atoms with Gasteiger partial charge in [0.25, 0.3) is 8.32 Å². The Labute approximate surface area is 244 Å². The van der Waals surface area contributed by atoms with Crippen molar-refractivity contribution < 1.29 is 14.3 Å². The minimum Gasteiger partial charge on any atom is -0.497 e. The smallest absolute Gasteiger partial charge is 0.258 e. The van der Waals surface area contributed by atoms with Crippen molar-refractivity contribution >= 4 is 41.5 Å². The summed E-state index contributed by atoms with van der Waals surface area (Å²) in [5.74, 6) is 1.44. The third-order valence-electron chi connectivity index (χ3n) is 8.35. The maximum Gasteiger partial charge on any atom is 0.258 e. The number of rotatable bonds is 9. The van der Waals surface area contributed by atoms with Crippen LogP contribution in [0.15, 0.2) is 89.9 Å². The predicted octanol–water partition coefficient (Wildman–Crippen LogP) is 5.71. The lowest BCUT2D eigenvalue weighted by Gasteiger charge is -2.43. The average molecular weight is 575 g/mol. The number of carbonyl (C=O) groups excluding carboxylic acids is 1. The molecule has 1 aliphatic rings. The van der Waals surface area contributed by atoms with Gasteiger partial charge in [0.05, 0.1) is 12.6 Å². The number of amidine groups is 1. The molecule has 0 aliphatic carbocycles. The van der Waals surface area contributed by atoms with E-state index in [1.807, 2.05) is 72.8 Å². The topological polar surface area (TPSA) is 70.9 Å². The first-order valence-corrected chi connectivity index (χ1v) is 16.9. The molecule has 212 valence electrons. The molecule has 0 bridgehead atoms. The van der Waals surface area contributed by atoms with Crippen LogP contribution < -0.4 is 20.4 Å². The van der Waals surface area contributed by atoms with Crippen LogP contribution in [0.3, 0.4) is 0 Å². The fourth-order valence-electron chi connectivity index (χ4n) is 5.72. The molecule has 5 nitrogen and oxygen atoms in total. The number of thioether (sulfide) groups is 1. The molecule has 1 heterocycles. The van der Waals surface area contributed by atoms with E-state index in [9.17, 15) is 9.59 Å². The van der Waals surface area contributed by atoms with Crippen LogP contribution in [0.1, 0.15) is 53.0 Å². The summed E-state index contributed by atoms with van der Waals surface area (Å²) < 4.78 is 5.32. The number of nitrogens with zero attached hydrogens (tertiary/aromatic N) is 1. The summed E-state index contributed by atoms with van der Waals surface area (Å²) >= 11 is 1.60. The highest BCUT2D eigenvalue weighted by Crippen LogP contribution is 2.43. The molecule has 40 heavy (non-hydrogen) atoms. The van der Waals surface area contributed by atoms with Gasteiger partial charge in [0.2, 0.25) is 5.91 Å². The zero-order valence-corrected chi connectivity index (χ0v) is 26.3. The molecular formula is C33H42N2O3SSi. The van der Waals surface area contributed by atoms with Crippen LogP contribution in [-0.2, 0) is 10.3 Å². The molecule has 2 N–H and O–H groups in total. The summed E-state index contributed by atoms with van der Waals surface area (Å²) in [6, 6.07) is 28.0. The number of benzene rings is 3. The van der Waals surface area contributed by atoms with Crippen molar-refractivity contribution in [1.82, 2.24) is 5.32 Å². The van der Waals surface area contributed by atoms with E-state index >= 15 is 0 Å². The molecule has 0 spiro atoms. The van der Waals surface area contributed by atoms with Crippen molar-refractivity contribution in [3.05, 3.63) is 90.5 Å². The van der Waals surface area contributed by atoms with Gasteiger partial charge in [-0.05, 0) is 58.8 Å². The van der Waals surface area contributed by atoms with Crippen LogP contribution in [0.25, 0.3) is 0 Å². The molecule has 3 aromatic rings. The number of ether oxygens (including phenoxy) is 1. The Morgan fingerprint density at radius 2 is 1.57 bits per heavy atom. The van der Waals surface area contributed by atoms with Gasteiger partial charge in [-0.15, -0.1) is 0 Å². The minimum absolute atomic E-state index is 0.0363. The van der Waals surface area contributed by atoms with Crippen LogP contribution in [0.4, 0.5) is 0 Å². The average Bonchev–Trinajstić information content (AvgIpc) is 2.96. The van der Waals surface area contributed by atoms with Crippen molar-refractivity contribution in [2.75, 3.05) is 12.9 Å². The van der Waals surface area contributed by atoms with Crippen molar-refractivity contribution in [2.45, 2.75) is 58.0 Å². The van der Waals surface area contributed by atoms with E-state index in [-0.39, 0.29) is 17.7 Å². The number of hydrogen-bond donors (Lipinski definition) is 2. The second-order valence-corrected chi connectivity index (χ2v) is 16.9. The number of carbonyl (C=O) groups is 1. The zero-order chi connectivity index (χ0) is 29.0. The van der Waals surface area contributed by atoms with E-state index in [4.69, 9.17) is 9.73 Å². The summed E-state index contributed by atoms with van der Waals surface area (Å²) in [5.41, 5.74) is 0.684. The van der Waals surface area contributed by atoms with Gasteiger partial charge in [-0.1, -0.05) is 112 Å². The lowest BCUT2D eigenvalue weighted by Crippen LogP contribution is -2.66. The lowest BCUT2D eigenvalue weighted by molar-refractivity contribution is -0.125. The molecule has 4 rings (SSSR count). The summed E-state index contributed by atoms with van der Waals surface area (Å²) in [5, 5.41) is 5.23.